The summed E-state index contributed by atoms with van der Waals surface area (Å²) in [6.07, 6.45) is 4.25. The van der Waals surface area contributed by atoms with Crippen molar-refractivity contribution in [3.8, 4) is 5.75 Å². The molecule has 1 aliphatic rings. The lowest BCUT2D eigenvalue weighted by Gasteiger charge is -2.31. The molecule has 1 N–H and O–H groups in total. The Hall–Kier alpha value is -2.47. The standard InChI is InChI=1S/C18H21N5O/c1-13-7-8-16(24)15(19-13)12-22-9-4-5-14(11-22)18-21-20-17-6-2-3-10-23(17)18/h2-3,6-8,10,14,24H,4-5,9,11-12H2,1H3. The van der Waals surface area contributed by atoms with Crippen LogP contribution in [0.25, 0.3) is 5.65 Å². The van der Waals surface area contributed by atoms with Gasteiger partial charge in [0, 0.05) is 30.9 Å². The lowest BCUT2D eigenvalue weighted by atomic mass is 9.97. The molecular formula is C18H21N5O. The molecule has 124 valence electrons. The summed E-state index contributed by atoms with van der Waals surface area (Å²) in [7, 11) is 0. The molecule has 1 aliphatic heterocycles. The van der Waals surface area contributed by atoms with Gasteiger partial charge in [-0.2, -0.15) is 0 Å². The Kier molecular flexibility index (Phi) is 3.90. The average Bonchev–Trinajstić information content (AvgIpc) is 3.03. The van der Waals surface area contributed by atoms with E-state index in [1.807, 2.05) is 37.4 Å². The average molecular weight is 323 g/mol. The van der Waals surface area contributed by atoms with Crippen LogP contribution in [0.1, 0.15) is 36.0 Å². The second kappa shape index (κ2) is 6.20. The minimum absolute atomic E-state index is 0.274. The van der Waals surface area contributed by atoms with Crippen molar-refractivity contribution < 1.29 is 5.11 Å². The van der Waals surface area contributed by atoms with Gasteiger partial charge in [0.05, 0.1) is 5.69 Å². The van der Waals surface area contributed by atoms with E-state index in [-0.39, 0.29) is 5.75 Å². The number of piperidine rings is 1. The smallest absolute Gasteiger partial charge is 0.160 e. The van der Waals surface area contributed by atoms with E-state index in [9.17, 15) is 5.11 Å². The number of aromatic hydroxyl groups is 1. The highest BCUT2D eigenvalue weighted by atomic mass is 16.3. The highest BCUT2D eigenvalue weighted by Crippen LogP contribution is 2.28. The van der Waals surface area contributed by atoms with Crippen LogP contribution in [0.4, 0.5) is 0 Å². The van der Waals surface area contributed by atoms with E-state index in [1.165, 1.54) is 0 Å². The second-order valence-electron chi connectivity index (χ2n) is 6.48. The summed E-state index contributed by atoms with van der Waals surface area (Å²) in [4.78, 5) is 6.83. The van der Waals surface area contributed by atoms with E-state index in [1.54, 1.807) is 6.07 Å². The van der Waals surface area contributed by atoms with Gasteiger partial charge >= 0.3 is 0 Å². The predicted molar refractivity (Wildman–Crippen MR) is 90.9 cm³/mol. The number of nitrogens with zero attached hydrogens (tertiary/aromatic N) is 5. The first-order valence-corrected chi connectivity index (χ1v) is 8.38. The summed E-state index contributed by atoms with van der Waals surface area (Å²) in [5, 5.41) is 18.7. The van der Waals surface area contributed by atoms with Gasteiger partial charge in [-0.15, -0.1) is 10.2 Å². The summed E-state index contributed by atoms with van der Waals surface area (Å²) in [5.74, 6) is 1.65. The molecule has 1 unspecified atom stereocenters. The predicted octanol–water partition coefficient (Wildman–Crippen LogP) is 2.52. The summed E-state index contributed by atoms with van der Waals surface area (Å²) < 4.78 is 2.08. The molecular weight excluding hydrogens is 302 g/mol. The zero-order valence-electron chi connectivity index (χ0n) is 13.8. The van der Waals surface area contributed by atoms with Crippen LogP contribution < -0.4 is 0 Å². The Balaban J connectivity index is 1.54. The van der Waals surface area contributed by atoms with Crippen molar-refractivity contribution in [3.05, 3.63) is 53.7 Å². The fraction of sp³-hybridized carbons (Fsp3) is 0.389. The molecule has 0 bridgehead atoms. The number of hydrogen-bond acceptors (Lipinski definition) is 5. The number of likely N-dealkylation sites (tertiary alicyclic amines) is 1. The highest BCUT2D eigenvalue weighted by Gasteiger charge is 2.26. The van der Waals surface area contributed by atoms with Crippen molar-refractivity contribution in [3.63, 3.8) is 0 Å². The zero-order valence-corrected chi connectivity index (χ0v) is 13.8. The van der Waals surface area contributed by atoms with Crippen molar-refractivity contribution in [2.45, 2.75) is 32.2 Å². The number of fused-ring (bicyclic) bond motifs is 1. The summed E-state index contributed by atoms with van der Waals surface area (Å²) in [6, 6.07) is 9.53. The maximum atomic E-state index is 10.0. The third-order valence-corrected chi connectivity index (χ3v) is 4.67. The molecule has 1 atom stereocenters. The van der Waals surface area contributed by atoms with E-state index in [4.69, 9.17) is 0 Å². The van der Waals surface area contributed by atoms with Crippen LogP contribution in [0.3, 0.4) is 0 Å². The van der Waals surface area contributed by atoms with E-state index < -0.39 is 0 Å². The van der Waals surface area contributed by atoms with Crippen molar-refractivity contribution in [1.82, 2.24) is 24.5 Å². The first-order valence-electron chi connectivity index (χ1n) is 8.38. The first kappa shape index (κ1) is 15.1. The number of pyridine rings is 2. The molecule has 0 aliphatic carbocycles. The summed E-state index contributed by atoms with van der Waals surface area (Å²) in [6.45, 7) is 4.54. The van der Waals surface area contributed by atoms with Crippen LogP contribution in [0.5, 0.6) is 5.75 Å². The van der Waals surface area contributed by atoms with Gasteiger partial charge in [0.2, 0.25) is 0 Å². The molecule has 0 spiro atoms. The lowest BCUT2D eigenvalue weighted by Crippen LogP contribution is -2.34. The van der Waals surface area contributed by atoms with E-state index in [2.05, 4.69) is 24.5 Å². The highest BCUT2D eigenvalue weighted by molar-refractivity contribution is 5.37. The molecule has 3 aromatic heterocycles. The molecule has 4 heterocycles. The van der Waals surface area contributed by atoms with Crippen molar-refractivity contribution in [2.75, 3.05) is 13.1 Å². The quantitative estimate of drug-likeness (QED) is 0.802. The first-order chi connectivity index (χ1) is 11.7. The number of hydrogen-bond donors (Lipinski definition) is 1. The zero-order chi connectivity index (χ0) is 16.5. The van der Waals surface area contributed by atoms with Crippen LogP contribution in [-0.2, 0) is 6.54 Å². The third kappa shape index (κ3) is 2.85. The monoisotopic (exact) mass is 323 g/mol. The molecule has 6 nitrogen and oxygen atoms in total. The Morgan fingerprint density at radius 3 is 3.04 bits per heavy atom. The third-order valence-electron chi connectivity index (χ3n) is 4.67. The van der Waals surface area contributed by atoms with Crippen LogP contribution in [0, 0.1) is 6.92 Å². The van der Waals surface area contributed by atoms with Gasteiger partial charge in [0.25, 0.3) is 0 Å². The van der Waals surface area contributed by atoms with Crippen molar-refractivity contribution >= 4 is 5.65 Å². The number of rotatable bonds is 3. The second-order valence-corrected chi connectivity index (χ2v) is 6.48. The van der Waals surface area contributed by atoms with Gasteiger partial charge in [-0.1, -0.05) is 6.07 Å². The Morgan fingerprint density at radius 1 is 1.21 bits per heavy atom. The van der Waals surface area contributed by atoms with Gasteiger partial charge < -0.3 is 5.11 Å². The fourth-order valence-electron chi connectivity index (χ4n) is 3.48. The normalized spacial score (nSPS) is 19.0. The molecule has 1 fully saturated rings. The molecule has 3 aromatic rings. The molecule has 0 saturated carbocycles. The fourth-order valence-corrected chi connectivity index (χ4v) is 3.48. The van der Waals surface area contributed by atoms with Gasteiger partial charge in [-0.05, 0) is 50.6 Å². The molecule has 0 aromatic carbocycles. The Bertz CT molecular complexity index is 859. The molecule has 0 radical (unpaired) electrons. The van der Waals surface area contributed by atoms with Gasteiger partial charge in [0.1, 0.15) is 11.6 Å². The van der Waals surface area contributed by atoms with Crippen LogP contribution >= 0.6 is 0 Å². The van der Waals surface area contributed by atoms with E-state index >= 15 is 0 Å². The molecule has 6 heteroatoms. The van der Waals surface area contributed by atoms with Crippen LogP contribution in [-0.4, -0.2) is 42.7 Å². The van der Waals surface area contributed by atoms with E-state index in [0.717, 1.165) is 48.8 Å². The van der Waals surface area contributed by atoms with E-state index in [0.29, 0.717) is 12.5 Å². The molecule has 1 saturated heterocycles. The molecule has 0 amide bonds. The minimum atomic E-state index is 0.274. The Labute approximate surface area is 140 Å². The topological polar surface area (TPSA) is 66.5 Å². The number of aromatic nitrogens is 4. The number of aryl methyl sites for hydroxylation is 1. The maximum absolute atomic E-state index is 10.0. The SMILES string of the molecule is Cc1ccc(O)c(CN2CCCC(c3nnc4ccccn34)C2)n1. The van der Waals surface area contributed by atoms with Crippen molar-refractivity contribution in [2.24, 2.45) is 0 Å². The lowest BCUT2D eigenvalue weighted by molar-refractivity contribution is 0.192. The molecule has 24 heavy (non-hydrogen) atoms. The summed E-state index contributed by atoms with van der Waals surface area (Å²) >= 11 is 0. The maximum Gasteiger partial charge on any atom is 0.160 e. The van der Waals surface area contributed by atoms with Crippen LogP contribution in [0.15, 0.2) is 36.5 Å². The molecule has 4 rings (SSSR count). The largest absolute Gasteiger partial charge is 0.506 e. The van der Waals surface area contributed by atoms with Gasteiger partial charge in [-0.3, -0.25) is 14.3 Å². The van der Waals surface area contributed by atoms with Gasteiger partial charge in [-0.25, -0.2) is 0 Å². The summed E-state index contributed by atoms with van der Waals surface area (Å²) in [5.41, 5.74) is 2.57. The van der Waals surface area contributed by atoms with Crippen molar-refractivity contribution in [1.29, 1.82) is 0 Å². The van der Waals surface area contributed by atoms with Gasteiger partial charge in [0.15, 0.2) is 5.65 Å². The Morgan fingerprint density at radius 2 is 2.12 bits per heavy atom. The minimum Gasteiger partial charge on any atom is -0.506 e. The van der Waals surface area contributed by atoms with Crippen LogP contribution in [0.2, 0.25) is 0 Å².